The van der Waals surface area contributed by atoms with Gasteiger partial charge in [0, 0.05) is 23.7 Å². The molecule has 1 saturated heterocycles. The van der Waals surface area contributed by atoms with Crippen molar-refractivity contribution in [3.05, 3.63) is 75.8 Å². The predicted molar refractivity (Wildman–Crippen MR) is 120 cm³/mol. The number of ketones is 1. The molecule has 158 valence electrons. The van der Waals surface area contributed by atoms with Gasteiger partial charge in [0.2, 0.25) is 0 Å². The van der Waals surface area contributed by atoms with Crippen molar-refractivity contribution in [3.63, 3.8) is 0 Å². The maximum Gasteiger partial charge on any atom is 0.295 e. The van der Waals surface area contributed by atoms with Crippen molar-refractivity contribution in [1.82, 2.24) is 9.80 Å². The minimum atomic E-state index is -0.667. The number of likely N-dealkylation sites (tertiary alicyclic amines) is 1. The third kappa shape index (κ3) is 4.42. The van der Waals surface area contributed by atoms with E-state index in [0.29, 0.717) is 29.6 Å². The molecule has 30 heavy (non-hydrogen) atoms. The van der Waals surface area contributed by atoms with Crippen molar-refractivity contribution in [2.75, 3.05) is 27.2 Å². The van der Waals surface area contributed by atoms with E-state index >= 15 is 0 Å². The van der Waals surface area contributed by atoms with Crippen LogP contribution in [0, 0.1) is 0 Å². The molecule has 1 amide bonds. The molecular formula is C24H27ClN2O3. The summed E-state index contributed by atoms with van der Waals surface area (Å²) in [4.78, 5) is 29.3. The van der Waals surface area contributed by atoms with Gasteiger partial charge in [-0.25, -0.2) is 0 Å². The van der Waals surface area contributed by atoms with Gasteiger partial charge in [0.05, 0.1) is 11.6 Å². The quantitative estimate of drug-likeness (QED) is 0.421. The van der Waals surface area contributed by atoms with Crippen LogP contribution in [0.4, 0.5) is 0 Å². The first-order valence-electron chi connectivity index (χ1n) is 9.99. The Morgan fingerprint density at radius 2 is 1.67 bits per heavy atom. The Kier molecular flexibility index (Phi) is 6.64. The molecule has 0 aromatic heterocycles. The Labute approximate surface area is 182 Å². The van der Waals surface area contributed by atoms with E-state index in [2.05, 4.69) is 13.8 Å². The lowest BCUT2D eigenvalue weighted by molar-refractivity contribution is -0.140. The van der Waals surface area contributed by atoms with E-state index in [0.717, 1.165) is 5.56 Å². The Bertz CT molecular complexity index is 963. The second-order valence-electron chi connectivity index (χ2n) is 8.12. The molecule has 6 heteroatoms. The lowest BCUT2D eigenvalue weighted by Gasteiger charge is -2.27. The number of nitrogens with zero attached hydrogens (tertiary/aromatic N) is 2. The molecule has 0 bridgehead atoms. The fourth-order valence-electron chi connectivity index (χ4n) is 3.59. The van der Waals surface area contributed by atoms with E-state index in [4.69, 9.17) is 11.6 Å². The van der Waals surface area contributed by atoms with Crippen LogP contribution in [0.1, 0.15) is 42.5 Å². The third-order valence-corrected chi connectivity index (χ3v) is 5.62. The van der Waals surface area contributed by atoms with E-state index in [1.165, 1.54) is 5.56 Å². The number of Topliss-reactive ketones (excluding diaryl/α,β-unsaturated/α-hetero) is 1. The fourth-order valence-corrected chi connectivity index (χ4v) is 3.72. The molecule has 1 N–H and O–H groups in total. The van der Waals surface area contributed by atoms with Crippen molar-refractivity contribution in [3.8, 4) is 0 Å². The summed E-state index contributed by atoms with van der Waals surface area (Å²) in [6.45, 7) is 5.21. The number of benzene rings is 2. The molecular weight excluding hydrogens is 400 g/mol. The van der Waals surface area contributed by atoms with Crippen molar-refractivity contribution in [1.29, 1.82) is 0 Å². The third-order valence-electron chi connectivity index (χ3n) is 5.36. The molecule has 2 aromatic carbocycles. The Morgan fingerprint density at radius 3 is 2.20 bits per heavy atom. The molecule has 1 atom stereocenters. The first-order valence-corrected chi connectivity index (χ1v) is 10.4. The van der Waals surface area contributed by atoms with E-state index in [1.807, 2.05) is 43.3 Å². The van der Waals surface area contributed by atoms with Crippen LogP contribution in [0.25, 0.3) is 5.76 Å². The lowest BCUT2D eigenvalue weighted by atomic mass is 9.93. The van der Waals surface area contributed by atoms with Crippen LogP contribution in [0.5, 0.6) is 0 Å². The van der Waals surface area contributed by atoms with Crippen molar-refractivity contribution < 1.29 is 14.7 Å². The van der Waals surface area contributed by atoms with E-state index < -0.39 is 17.7 Å². The number of carbonyl (C=O) groups excluding carboxylic acids is 2. The van der Waals surface area contributed by atoms with Crippen LogP contribution in [0.15, 0.2) is 54.1 Å². The summed E-state index contributed by atoms with van der Waals surface area (Å²) in [7, 11) is 3.83. The maximum atomic E-state index is 13.0. The molecule has 1 aliphatic rings. The highest BCUT2D eigenvalue weighted by molar-refractivity contribution is 6.46. The van der Waals surface area contributed by atoms with Gasteiger partial charge in [0.25, 0.3) is 11.7 Å². The first-order chi connectivity index (χ1) is 14.2. The topological polar surface area (TPSA) is 60.9 Å². The maximum absolute atomic E-state index is 13.0. The summed E-state index contributed by atoms with van der Waals surface area (Å²) < 4.78 is 0. The number of aliphatic hydroxyl groups excluding tert-OH is 1. The summed E-state index contributed by atoms with van der Waals surface area (Å²) >= 11 is 5.96. The van der Waals surface area contributed by atoms with Crippen molar-refractivity contribution >= 4 is 29.1 Å². The van der Waals surface area contributed by atoms with Crippen LogP contribution < -0.4 is 0 Å². The summed E-state index contributed by atoms with van der Waals surface area (Å²) in [5.74, 6) is -1.08. The molecule has 5 nitrogen and oxygen atoms in total. The second kappa shape index (κ2) is 9.02. The van der Waals surface area contributed by atoms with Gasteiger partial charge in [0.1, 0.15) is 5.76 Å². The summed E-state index contributed by atoms with van der Waals surface area (Å²) in [5, 5.41) is 11.5. The van der Waals surface area contributed by atoms with Crippen LogP contribution >= 0.6 is 11.6 Å². The average Bonchev–Trinajstić information content (AvgIpc) is 2.97. The lowest BCUT2D eigenvalue weighted by Crippen LogP contribution is -2.35. The molecule has 0 aliphatic carbocycles. The van der Waals surface area contributed by atoms with E-state index in [1.54, 1.807) is 29.2 Å². The highest BCUT2D eigenvalue weighted by Crippen LogP contribution is 2.39. The van der Waals surface area contributed by atoms with E-state index in [-0.39, 0.29) is 11.3 Å². The second-order valence-corrected chi connectivity index (χ2v) is 8.56. The van der Waals surface area contributed by atoms with Gasteiger partial charge in [-0.05, 0) is 55.4 Å². The molecule has 1 heterocycles. The van der Waals surface area contributed by atoms with Crippen molar-refractivity contribution in [2.24, 2.45) is 0 Å². The Hall–Kier alpha value is -2.63. The zero-order valence-corrected chi connectivity index (χ0v) is 18.5. The standard InChI is InChI=1S/C24H27ClN2O3/c1-15(2)16-5-7-17(8-6-16)21-20(22(28)18-9-11-19(25)12-10-18)23(29)24(30)27(21)14-13-26(3)4/h5-12,15,21,28H,13-14H2,1-4H3/b22-20+/t21-/m1/s1. The molecule has 0 radical (unpaired) electrons. The van der Waals surface area contributed by atoms with Crippen LogP contribution in [-0.2, 0) is 9.59 Å². The van der Waals surface area contributed by atoms with Gasteiger partial charge in [-0.2, -0.15) is 0 Å². The van der Waals surface area contributed by atoms with Gasteiger partial charge < -0.3 is 14.9 Å². The van der Waals surface area contributed by atoms with Crippen LogP contribution in [-0.4, -0.2) is 53.8 Å². The zero-order valence-electron chi connectivity index (χ0n) is 17.7. The number of carbonyl (C=O) groups is 2. The van der Waals surface area contributed by atoms with Crippen LogP contribution in [0.2, 0.25) is 5.02 Å². The minimum Gasteiger partial charge on any atom is -0.507 e. The molecule has 1 aliphatic heterocycles. The number of aliphatic hydroxyl groups is 1. The number of halogens is 1. The average molecular weight is 427 g/mol. The molecule has 2 aromatic rings. The van der Waals surface area contributed by atoms with E-state index in [9.17, 15) is 14.7 Å². The highest BCUT2D eigenvalue weighted by Gasteiger charge is 2.45. The van der Waals surface area contributed by atoms with Gasteiger partial charge in [-0.1, -0.05) is 49.7 Å². The number of rotatable bonds is 6. The largest absolute Gasteiger partial charge is 0.507 e. The smallest absolute Gasteiger partial charge is 0.295 e. The van der Waals surface area contributed by atoms with Crippen molar-refractivity contribution in [2.45, 2.75) is 25.8 Å². The predicted octanol–water partition coefficient (Wildman–Crippen LogP) is 4.45. The fraction of sp³-hybridized carbons (Fsp3) is 0.333. The number of amides is 1. The SMILES string of the molecule is CC(C)c1ccc([C@@H]2/C(=C(\O)c3ccc(Cl)cc3)C(=O)C(=O)N2CCN(C)C)cc1. The minimum absolute atomic E-state index is 0.110. The highest BCUT2D eigenvalue weighted by atomic mass is 35.5. The zero-order chi connectivity index (χ0) is 22.0. The summed E-state index contributed by atoms with van der Waals surface area (Å²) in [5.41, 5.74) is 2.53. The monoisotopic (exact) mass is 426 g/mol. The molecule has 1 fully saturated rings. The first kappa shape index (κ1) is 22.1. The van der Waals surface area contributed by atoms with Gasteiger partial charge in [0.15, 0.2) is 0 Å². The van der Waals surface area contributed by atoms with Gasteiger partial charge >= 0.3 is 0 Å². The number of likely N-dealkylation sites (N-methyl/N-ethyl adjacent to an activating group) is 1. The number of hydrogen-bond donors (Lipinski definition) is 1. The normalized spacial score (nSPS) is 18.6. The van der Waals surface area contributed by atoms with Crippen LogP contribution in [0.3, 0.4) is 0 Å². The molecule has 0 unspecified atom stereocenters. The Morgan fingerprint density at radius 1 is 1.07 bits per heavy atom. The summed E-state index contributed by atoms with van der Waals surface area (Å²) in [6, 6.07) is 13.8. The molecule has 0 spiro atoms. The molecule has 3 rings (SSSR count). The molecule has 0 saturated carbocycles. The summed E-state index contributed by atoms with van der Waals surface area (Å²) in [6.07, 6.45) is 0. The Balaban J connectivity index is 2.12. The number of hydrogen-bond acceptors (Lipinski definition) is 4. The van der Waals surface area contributed by atoms with Gasteiger partial charge in [-0.15, -0.1) is 0 Å². The van der Waals surface area contributed by atoms with Gasteiger partial charge in [-0.3, -0.25) is 9.59 Å².